The molecule has 0 saturated carbocycles. The topological polar surface area (TPSA) is 106 Å². The van der Waals surface area contributed by atoms with Gasteiger partial charge < -0.3 is 18.7 Å². The molecule has 0 unspecified atom stereocenters. The van der Waals surface area contributed by atoms with Crippen LogP contribution in [-0.4, -0.2) is 62.1 Å². The van der Waals surface area contributed by atoms with Crippen molar-refractivity contribution in [1.82, 2.24) is 30.0 Å². The van der Waals surface area contributed by atoms with E-state index in [0.717, 1.165) is 17.2 Å². The molecule has 0 bridgehead atoms. The van der Waals surface area contributed by atoms with Gasteiger partial charge in [-0.1, -0.05) is 5.16 Å². The lowest BCUT2D eigenvalue weighted by Gasteiger charge is -2.34. The van der Waals surface area contributed by atoms with Crippen LogP contribution in [0.25, 0.3) is 17.3 Å². The highest BCUT2D eigenvalue weighted by molar-refractivity contribution is 5.93. The molecular formula is C21H21N7O3. The number of furan rings is 1. The predicted molar refractivity (Wildman–Crippen MR) is 111 cm³/mol. The van der Waals surface area contributed by atoms with Crippen molar-refractivity contribution in [2.45, 2.75) is 13.8 Å². The summed E-state index contributed by atoms with van der Waals surface area (Å²) in [4.78, 5) is 16.6. The van der Waals surface area contributed by atoms with Gasteiger partial charge in [-0.25, -0.2) is 4.68 Å². The van der Waals surface area contributed by atoms with Crippen LogP contribution in [0.4, 0.5) is 5.82 Å². The molecule has 1 saturated heterocycles. The first-order valence-electron chi connectivity index (χ1n) is 10.0. The van der Waals surface area contributed by atoms with Gasteiger partial charge in [0.05, 0.1) is 12.0 Å². The molecule has 5 rings (SSSR count). The Morgan fingerprint density at radius 1 is 0.968 bits per heavy atom. The summed E-state index contributed by atoms with van der Waals surface area (Å²) in [5.41, 5.74) is 2.22. The third-order valence-electron chi connectivity index (χ3n) is 5.25. The monoisotopic (exact) mass is 419 g/mol. The molecule has 1 aliphatic heterocycles. The fourth-order valence-corrected chi connectivity index (χ4v) is 3.67. The third kappa shape index (κ3) is 3.67. The number of rotatable bonds is 4. The normalized spacial score (nSPS) is 14.3. The van der Waals surface area contributed by atoms with Crippen LogP contribution in [0, 0.1) is 13.8 Å². The Morgan fingerprint density at radius 2 is 1.74 bits per heavy atom. The van der Waals surface area contributed by atoms with E-state index in [1.165, 1.54) is 0 Å². The van der Waals surface area contributed by atoms with Crippen LogP contribution < -0.4 is 4.90 Å². The lowest BCUT2D eigenvalue weighted by atomic mass is 10.2. The van der Waals surface area contributed by atoms with E-state index < -0.39 is 0 Å². The molecule has 10 nitrogen and oxygen atoms in total. The Kier molecular flexibility index (Phi) is 4.73. The van der Waals surface area contributed by atoms with E-state index in [2.05, 4.69) is 25.4 Å². The number of hydrogen-bond acceptors (Lipinski definition) is 8. The van der Waals surface area contributed by atoms with E-state index in [4.69, 9.17) is 8.94 Å². The van der Waals surface area contributed by atoms with Gasteiger partial charge in [-0.05, 0) is 44.2 Å². The molecule has 5 heterocycles. The second-order valence-electron chi connectivity index (χ2n) is 7.42. The molecular weight excluding hydrogens is 398 g/mol. The maximum Gasteiger partial charge on any atom is 0.276 e. The van der Waals surface area contributed by atoms with E-state index in [9.17, 15) is 4.79 Å². The predicted octanol–water partition coefficient (Wildman–Crippen LogP) is 2.49. The average molecular weight is 419 g/mol. The van der Waals surface area contributed by atoms with Crippen molar-refractivity contribution in [2.75, 3.05) is 31.1 Å². The van der Waals surface area contributed by atoms with Crippen molar-refractivity contribution in [2.24, 2.45) is 0 Å². The summed E-state index contributed by atoms with van der Waals surface area (Å²) in [6.07, 6.45) is 1.55. The molecule has 0 atom stereocenters. The molecule has 0 spiro atoms. The van der Waals surface area contributed by atoms with Crippen molar-refractivity contribution in [1.29, 1.82) is 0 Å². The van der Waals surface area contributed by atoms with Crippen LogP contribution in [0.3, 0.4) is 0 Å². The van der Waals surface area contributed by atoms with Crippen LogP contribution in [0.1, 0.15) is 21.9 Å². The van der Waals surface area contributed by atoms with E-state index >= 15 is 0 Å². The smallest absolute Gasteiger partial charge is 0.276 e. The minimum Gasteiger partial charge on any atom is -0.461 e. The summed E-state index contributed by atoms with van der Waals surface area (Å²) in [5.74, 6) is 2.27. The molecule has 1 fully saturated rings. The van der Waals surface area contributed by atoms with E-state index in [1.807, 2.05) is 32.0 Å². The number of anilines is 1. The van der Waals surface area contributed by atoms with Crippen LogP contribution in [0.15, 0.2) is 51.6 Å². The zero-order valence-electron chi connectivity index (χ0n) is 17.2. The van der Waals surface area contributed by atoms with Crippen LogP contribution in [-0.2, 0) is 0 Å². The van der Waals surface area contributed by atoms with Gasteiger partial charge in [0.2, 0.25) is 5.76 Å². The quantitative estimate of drug-likeness (QED) is 0.497. The van der Waals surface area contributed by atoms with Crippen LogP contribution >= 0.6 is 0 Å². The van der Waals surface area contributed by atoms with Crippen LogP contribution in [0.2, 0.25) is 0 Å². The molecule has 4 aromatic rings. The first kappa shape index (κ1) is 19.0. The van der Waals surface area contributed by atoms with Gasteiger partial charge in [0.15, 0.2) is 23.1 Å². The Hall–Kier alpha value is -3.95. The van der Waals surface area contributed by atoms with Gasteiger partial charge in [0, 0.05) is 37.9 Å². The maximum atomic E-state index is 12.8. The van der Waals surface area contributed by atoms with Gasteiger partial charge in [-0.15, -0.1) is 10.2 Å². The van der Waals surface area contributed by atoms with Crippen molar-refractivity contribution in [3.63, 3.8) is 0 Å². The number of carbonyl (C=O) groups excluding carboxylic acids is 1. The first-order chi connectivity index (χ1) is 15.1. The van der Waals surface area contributed by atoms with E-state index in [0.29, 0.717) is 43.5 Å². The lowest BCUT2D eigenvalue weighted by Crippen LogP contribution is -2.49. The number of piperazine rings is 1. The first-order valence-corrected chi connectivity index (χ1v) is 10.0. The summed E-state index contributed by atoms with van der Waals surface area (Å²) >= 11 is 0. The van der Waals surface area contributed by atoms with Crippen molar-refractivity contribution in [3.05, 3.63) is 59.7 Å². The number of carbonyl (C=O) groups is 1. The molecule has 1 amide bonds. The summed E-state index contributed by atoms with van der Waals surface area (Å²) in [6, 6.07) is 11.0. The van der Waals surface area contributed by atoms with E-state index in [1.54, 1.807) is 34.0 Å². The summed E-state index contributed by atoms with van der Waals surface area (Å²) in [7, 11) is 0. The molecule has 158 valence electrons. The van der Waals surface area contributed by atoms with Crippen molar-refractivity contribution >= 4 is 11.7 Å². The molecule has 4 aromatic heterocycles. The Morgan fingerprint density at radius 3 is 2.39 bits per heavy atom. The van der Waals surface area contributed by atoms with Gasteiger partial charge >= 0.3 is 0 Å². The lowest BCUT2D eigenvalue weighted by molar-refractivity contribution is 0.0736. The zero-order valence-corrected chi connectivity index (χ0v) is 17.2. The molecule has 0 radical (unpaired) electrons. The standard InChI is InChI=1S/C21H21N7O3/c1-14-12-15(2)28(24-14)20-6-5-19(22-23-20)26-7-9-27(10-8-26)21(29)16-13-18(31-25-16)17-4-3-11-30-17/h3-6,11-13H,7-10H2,1-2H3. The molecule has 31 heavy (non-hydrogen) atoms. The summed E-state index contributed by atoms with van der Waals surface area (Å²) in [6.45, 7) is 6.36. The zero-order chi connectivity index (χ0) is 21.4. The van der Waals surface area contributed by atoms with Gasteiger partial charge in [0.1, 0.15) is 0 Å². The minimum atomic E-state index is -0.160. The number of hydrogen-bond donors (Lipinski definition) is 0. The van der Waals surface area contributed by atoms with Gasteiger partial charge in [-0.2, -0.15) is 5.10 Å². The second-order valence-corrected chi connectivity index (χ2v) is 7.42. The number of nitrogens with zero attached hydrogens (tertiary/aromatic N) is 7. The summed E-state index contributed by atoms with van der Waals surface area (Å²) < 4.78 is 12.3. The molecule has 0 aliphatic carbocycles. The highest BCUT2D eigenvalue weighted by Crippen LogP contribution is 2.22. The molecule has 1 aliphatic rings. The Labute approximate surface area is 178 Å². The second kappa shape index (κ2) is 7.71. The van der Waals surface area contributed by atoms with Crippen LogP contribution in [0.5, 0.6) is 0 Å². The molecule has 0 N–H and O–H groups in total. The van der Waals surface area contributed by atoms with Gasteiger partial charge in [0.25, 0.3) is 5.91 Å². The molecule has 10 heteroatoms. The fraction of sp³-hybridized carbons (Fsp3) is 0.286. The SMILES string of the molecule is Cc1cc(C)n(-c2ccc(N3CCN(C(=O)c4cc(-c5ccco5)on4)CC3)nn2)n1. The van der Waals surface area contributed by atoms with E-state index in [-0.39, 0.29) is 11.6 Å². The number of aromatic nitrogens is 5. The highest BCUT2D eigenvalue weighted by Gasteiger charge is 2.26. The van der Waals surface area contributed by atoms with Crippen molar-refractivity contribution < 1.29 is 13.7 Å². The highest BCUT2D eigenvalue weighted by atomic mass is 16.5. The maximum absolute atomic E-state index is 12.8. The largest absolute Gasteiger partial charge is 0.461 e. The Bertz CT molecular complexity index is 1190. The number of amides is 1. The third-order valence-corrected chi connectivity index (χ3v) is 5.25. The Balaban J connectivity index is 1.22. The molecule has 0 aromatic carbocycles. The number of aryl methyl sites for hydroxylation is 2. The average Bonchev–Trinajstić information content (AvgIpc) is 3.54. The minimum absolute atomic E-state index is 0.160. The van der Waals surface area contributed by atoms with Crippen molar-refractivity contribution in [3.8, 4) is 17.3 Å². The fourth-order valence-electron chi connectivity index (χ4n) is 3.67. The van der Waals surface area contributed by atoms with Gasteiger partial charge in [-0.3, -0.25) is 4.79 Å². The summed E-state index contributed by atoms with van der Waals surface area (Å²) in [5, 5.41) is 17.0.